The van der Waals surface area contributed by atoms with E-state index in [2.05, 4.69) is 43.4 Å². The molecule has 15 nitrogen and oxygen atoms in total. The second-order valence-electron chi connectivity index (χ2n) is 13.1. The van der Waals surface area contributed by atoms with E-state index >= 15 is 0 Å². The fraction of sp³-hybridized carbons (Fsp3) is 0.784. The smallest absolute Gasteiger partial charge is 0.306 e. The highest BCUT2D eigenvalue weighted by atomic mass is 16.7. The van der Waals surface area contributed by atoms with Crippen LogP contribution in [0.15, 0.2) is 36.5 Å². The summed E-state index contributed by atoms with van der Waals surface area (Å²) < 4.78 is 32.4. The van der Waals surface area contributed by atoms with Gasteiger partial charge in [-0.1, -0.05) is 75.5 Å². The predicted octanol–water partition coefficient (Wildman–Crippen LogP) is 1.47. The van der Waals surface area contributed by atoms with Crippen LogP contribution in [0.4, 0.5) is 0 Å². The molecule has 0 radical (unpaired) electrons. The molecular weight excluding hydrogens is 684 g/mol. The number of hydrogen-bond donors (Lipinski definition) is 7. The zero-order valence-corrected chi connectivity index (χ0v) is 30.5. The molecule has 0 aromatic heterocycles. The average Bonchev–Trinajstić information content (AvgIpc) is 3.12. The van der Waals surface area contributed by atoms with Crippen LogP contribution in [-0.4, -0.2) is 142 Å². The third-order valence-corrected chi connectivity index (χ3v) is 8.69. The quantitative estimate of drug-likeness (QED) is 0.0399. The first-order valence-corrected chi connectivity index (χ1v) is 18.5. The second kappa shape index (κ2) is 26.5. The van der Waals surface area contributed by atoms with Crippen LogP contribution in [0.1, 0.15) is 90.9 Å². The number of unbranched alkanes of at least 4 members (excludes halogenated alkanes) is 7. The van der Waals surface area contributed by atoms with Gasteiger partial charge in [0, 0.05) is 13.3 Å². The molecule has 7 N–H and O–H groups in total. The van der Waals surface area contributed by atoms with E-state index in [9.17, 15) is 45.3 Å². The normalized spacial score (nSPS) is 30.3. The molecule has 2 saturated heterocycles. The highest BCUT2D eigenvalue weighted by Gasteiger charge is 2.47. The first kappa shape index (κ1) is 45.9. The summed E-state index contributed by atoms with van der Waals surface area (Å²) in [5.74, 6) is -1.13. The Kier molecular flexibility index (Phi) is 23.4. The van der Waals surface area contributed by atoms with E-state index in [1.807, 2.05) is 0 Å². The number of aliphatic hydroxyl groups excluding tert-OH is 7. The molecule has 2 aliphatic heterocycles. The van der Waals surface area contributed by atoms with Crippen molar-refractivity contribution >= 4 is 11.9 Å². The van der Waals surface area contributed by atoms with Crippen LogP contribution < -0.4 is 0 Å². The number of ether oxygens (including phenoxy) is 6. The van der Waals surface area contributed by atoms with E-state index in [-0.39, 0.29) is 13.0 Å². The van der Waals surface area contributed by atoms with Gasteiger partial charge in [-0.2, -0.15) is 0 Å². The highest BCUT2D eigenvalue weighted by molar-refractivity contribution is 5.69. The molecule has 300 valence electrons. The minimum Gasteiger partial charge on any atom is -0.462 e. The van der Waals surface area contributed by atoms with Crippen molar-refractivity contribution in [3.05, 3.63) is 36.5 Å². The number of aliphatic hydroxyl groups is 7. The molecule has 2 aliphatic rings. The van der Waals surface area contributed by atoms with Crippen LogP contribution >= 0.6 is 0 Å². The Morgan fingerprint density at radius 1 is 0.654 bits per heavy atom. The summed E-state index contributed by atoms with van der Waals surface area (Å²) in [4.78, 5) is 24.0. The van der Waals surface area contributed by atoms with Gasteiger partial charge >= 0.3 is 11.9 Å². The highest BCUT2D eigenvalue weighted by Crippen LogP contribution is 2.26. The molecule has 0 aromatic carbocycles. The van der Waals surface area contributed by atoms with Gasteiger partial charge in [-0.25, -0.2) is 0 Å². The molecule has 0 aliphatic carbocycles. The van der Waals surface area contributed by atoms with Gasteiger partial charge in [0.25, 0.3) is 0 Å². The molecule has 15 heteroatoms. The van der Waals surface area contributed by atoms with Gasteiger partial charge in [0.05, 0.1) is 19.8 Å². The maximum atomic E-state index is 12.6. The van der Waals surface area contributed by atoms with Gasteiger partial charge in [-0.3, -0.25) is 9.59 Å². The number of rotatable bonds is 25. The predicted molar refractivity (Wildman–Crippen MR) is 187 cm³/mol. The SMILES string of the molecule is CC/C=C\C/C=C\C/C=C\CCCCCCCCCC(=O)OC(COC(C)=O)COC1OC(COC2OC(CO)C(O)C(O)C2O)C(O)C(O)C1O. The zero-order chi connectivity index (χ0) is 38.3. The molecule has 2 heterocycles. The molecule has 0 aromatic rings. The van der Waals surface area contributed by atoms with Crippen molar-refractivity contribution in [3.63, 3.8) is 0 Å². The van der Waals surface area contributed by atoms with Crippen LogP contribution in [0.2, 0.25) is 0 Å². The van der Waals surface area contributed by atoms with Crippen molar-refractivity contribution in [2.75, 3.05) is 26.4 Å². The monoisotopic (exact) mass is 746 g/mol. The number of carbonyl (C=O) groups is 2. The van der Waals surface area contributed by atoms with Crippen molar-refractivity contribution < 1.29 is 73.8 Å². The van der Waals surface area contributed by atoms with E-state index in [4.69, 9.17) is 28.4 Å². The summed E-state index contributed by atoms with van der Waals surface area (Å²) in [6.45, 7) is 1.37. The van der Waals surface area contributed by atoms with Crippen molar-refractivity contribution in [1.29, 1.82) is 0 Å². The fourth-order valence-electron chi connectivity index (χ4n) is 5.60. The Labute approximate surface area is 306 Å². The molecule has 2 fully saturated rings. The molecule has 52 heavy (non-hydrogen) atoms. The molecule has 2 rings (SSSR count). The first-order chi connectivity index (χ1) is 25.0. The van der Waals surface area contributed by atoms with Crippen molar-refractivity contribution in [1.82, 2.24) is 0 Å². The molecule has 11 atom stereocenters. The lowest BCUT2D eigenvalue weighted by atomic mass is 9.98. The lowest BCUT2D eigenvalue weighted by Crippen LogP contribution is -2.61. The topological polar surface area (TPSA) is 231 Å². The molecule has 0 bridgehead atoms. The van der Waals surface area contributed by atoms with E-state index in [0.29, 0.717) is 6.42 Å². The van der Waals surface area contributed by atoms with Crippen LogP contribution in [0.25, 0.3) is 0 Å². The summed E-state index contributed by atoms with van der Waals surface area (Å²) >= 11 is 0. The Hall–Kier alpha value is -2.28. The van der Waals surface area contributed by atoms with Gasteiger partial charge in [0.1, 0.15) is 55.4 Å². The molecule has 0 spiro atoms. The third-order valence-electron chi connectivity index (χ3n) is 8.69. The van der Waals surface area contributed by atoms with E-state index < -0.39 is 99.3 Å². The van der Waals surface area contributed by atoms with Gasteiger partial charge < -0.3 is 64.2 Å². The van der Waals surface area contributed by atoms with Gasteiger partial charge in [0.2, 0.25) is 0 Å². The minimum absolute atomic E-state index is 0.148. The van der Waals surface area contributed by atoms with Crippen LogP contribution in [0, 0.1) is 0 Å². The van der Waals surface area contributed by atoms with E-state index in [1.54, 1.807) is 0 Å². The molecule has 0 saturated carbocycles. The summed E-state index contributed by atoms with van der Waals surface area (Å²) in [6, 6.07) is 0. The van der Waals surface area contributed by atoms with Crippen molar-refractivity contribution in [3.8, 4) is 0 Å². The lowest BCUT2D eigenvalue weighted by Gasteiger charge is -2.42. The van der Waals surface area contributed by atoms with Gasteiger partial charge in [-0.15, -0.1) is 0 Å². The Morgan fingerprint density at radius 3 is 1.81 bits per heavy atom. The van der Waals surface area contributed by atoms with Crippen molar-refractivity contribution in [2.24, 2.45) is 0 Å². The van der Waals surface area contributed by atoms with Crippen LogP contribution in [-0.2, 0) is 38.0 Å². The Morgan fingerprint density at radius 2 is 1.19 bits per heavy atom. The minimum atomic E-state index is -1.76. The molecular formula is C37H62O15. The summed E-state index contributed by atoms with van der Waals surface area (Å²) in [5.41, 5.74) is 0. The van der Waals surface area contributed by atoms with Gasteiger partial charge in [0.15, 0.2) is 18.7 Å². The summed E-state index contributed by atoms with van der Waals surface area (Å²) in [5, 5.41) is 70.9. The Bertz CT molecular complexity index is 1070. The zero-order valence-electron chi connectivity index (χ0n) is 30.5. The molecule has 0 amide bonds. The fourth-order valence-corrected chi connectivity index (χ4v) is 5.60. The number of esters is 2. The van der Waals surface area contributed by atoms with E-state index in [1.165, 1.54) is 6.92 Å². The molecule has 11 unspecified atom stereocenters. The van der Waals surface area contributed by atoms with Crippen LogP contribution in [0.5, 0.6) is 0 Å². The van der Waals surface area contributed by atoms with E-state index in [0.717, 1.165) is 64.2 Å². The first-order valence-electron chi connectivity index (χ1n) is 18.5. The lowest BCUT2D eigenvalue weighted by molar-refractivity contribution is -0.332. The largest absolute Gasteiger partial charge is 0.462 e. The maximum Gasteiger partial charge on any atom is 0.306 e. The van der Waals surface area contributed by atoms with Crippen molar-refractivity contribution in [2.45, 2.75) is 158 Å². The Balaban J connectivity index is 1.71. The standard InChI is InChI=1S/C37H62O15/c1-3-4-5-6-7-8-9-10-11-12-13-14-15-16-17-18-19-20-29(40)50-26(22-47-25(2)39)23-48-36-35(46)33(44)31(42)28(52-36)24-49-37-34(45)32(43)30(41)27(21-38)51-37/h4-5,7-8,10-11,26-28,30-38,41-46H,3,6,9,12-24H2,1-2H3/b5-4-,8-7-,11-10-. The number of hydrogen-bond acceptors (Lipinski definition) is 15. The maximum absolute atomic E-state index is 12.6. The summed E-state index contributed by atoms with van der Waals surface area (Å²) in [7, 11) is 0. The van der Waals surface area contributed by atoms with Crippen LogP contribution in [0.3, 0.4) is 0 Å². The number of carbonyl (C=O) groups excluding carboxylic acids is 2. The second-order valence-corrected chi connectivity index (χ2v) is 13.1. The van der Waals surface area contributed by atoms with Gasteiger partial charge in [-0.05, 0) is 38.5 Å². The average molecular weight is 747 g/mol. The summed E-state index contributed by atoms with van der Waals surface area (Å²) in [6.07, 6.45) is 7.48. The third kappa shape index (κ3) is 17.2. The number of allylic oxidation sites excluding steroid dienone is 6.